The van der Waals surface area contributed by atoms with Gasteiger partial charge in [0, 0.05) is 9.50 Å². The highest BCUT2D eigenvalue weighted by Crippen LogP contribution is 2.31. The number of nitrogens with one attached hydrogen (secondary N) is 1. The summed E-state index contributed by atoms with van der Waals surface area (Å²) in [6.45, 7) is 1.77. The lowest BCUT2D eigenvalue weighted by Crippen LogP contribution is -2.12. The number of benzene rings is 1. The number of halogens is 2. The summed E-state index contributed by atoms with van der Waals surface area (Å²) in [6, 6.07) is 6.80. The first-order chi connectivity index (χ1) is 8.42. The van der Waals surface area contributed by atoms with E-state index in [9.17, 15) is 8.42 Å². The molecule has 1 heterocycles. The first-order valence-electron chi connectivity index (χ1n) is 4.93. The van der Waals surface area contributed by atoms with E-state index < -0.39 is 10.0 Å². The Hall–Kier alpha value is -0.560. The van der Waals surface area contributed by atoms with Gasteiger partial charge in [-0.1, -0.05) is 17.7 Å². The molecule has 0 aliphatic heterocycles. The average Bonchev–Trinajstić information content (AvgIpc) is 2.72. The van der Waals surface area contributed by atoms with Gasteiger partial charge in [0.15, 0.2) is 4.21 Å². The molecule has 7 heteroatoms. The van der Waals surface area contributed by atoms with Crippen molar-refractivity contribution >= 4 is 54.6 Å². The van der Waals surface area contributed by atoms with Crippen LogP contribution in [0.1, 0.15) is 5.56 Å². The number of hydrogen-bond donors (Lipinski definition) is 1. The van der Waals surface area contributed by atoms with Crippen molar-refractivity contribution in [3.8, 4) is 0 Å². The molecule has 0 aliphatic carbocycles. The standard InChI is InChI=1S/C11H9BrClNO2S2/c1-7-9(13)3-2-4-10(7)14-18(15,16)11-8(12)5-6-17-11/h2-6,14H,1H3. The predicted molar refractivity (Wildman–Crippen MR) is 79.0 cm³/mol. The third-order valence-electron chi connectivity index (χ3n) is 2.34. The summed E-state index contributed by atoms with van der Waals surface area (Å²) in [5.74, 6) is 0. The van der Waals surface area contributed by atoms with Crippen LogP contribution in [-0.4, -0.2) is 8.42 Å². The molecule has 1 aromatic heterocycles. The average molecular weight is 367 g/mol. The zero-order valence-corrected chi connectivity index (χ0v) is 13.3. The third-order valence-corrected chi connectivity index (χ3v) is 6.79. The fraction of sp³-hybridized carbons (Fsp3) is 0.0909. The number of sulfonamides is 1. The molecule has 0 aliphatic rings. The molecular weight excluding hydrogens is 358 g/mol. The van der Waals surface area contributed by atoms with Crippen molar-refractivity contribution in [2.75, 3.05) is 4.72 Å². The highest BCUT2D eigenvalue weighted by atomic mass is 79.9. The predicted octanol–water partition coefficient (Wildman–Crippen LogP) is 4.27. The van der Waals surface area contributed by atoms with Crippen LogP contribution in [0, 0.1) is 6.92 Å². The van der Waals surface area contributed by atoms with Gasteiger partial charge in [0.2, 0.25) is 0 Å². The Labute approximate surface area is 123 Å². The monoisotopic (exact) mass is 365 g/mol. The van der Waals surface area contributed by atoms with E-state index in [1.807, 2.05) is 0 Å². The highest BCUT2D eigenvalue weighted by Gasteiger charge is 2.20. The van der Waals surface area contributed by atoms with E-state index >= 15 is 0 Å². The Morgan fingerprint density at radius 3 is 2.67 bits per heavy atom. The SMILES string of the molecule is Cc1c(Cl)cccc1NS(=O)(=O)c1sccc1Br. The van der Waals surface area contributed by atoms with E-state index in [4.69, 9.17) is 11.6 Å². The molecule has 0 bridgehead atoms. The minimum absolute atomic E-state index is 0.252. The summed E-state index contributed by atoms with van der Waals surface area (Å²) in [5.41, 5.74) is 1.19. The molecule has 0 fully saturated rings. The van der Waals surface area contributed by atoms with Crippen LogP contribution in [0.25, 0.3) is 0 Å². The highest BCUT2D eigenvalue weighted by molar-refractivity contribution is 9.10. The van der Waals surface area contributed by atoms with Crippen molar-refractivity contribution in [2.24, 2.45) is 0 Å². The maximum atomic E-state index is 12.2. The van der Waals surface area contributed by atoms with Crippen LogP contribution < -0.4 is 4.72 Å². The zero-order chi connectivity index (χ0) is 13.3. The normalized spacial score (nSPS) is 11.5. The molecule has 18 heavy (non-hydrogen) atoms. The van der Waals surface area contributed by atoms with Gasteiger partial charge in [-0.25, -0.2) is 8.42 Å². The van der Waals surface area contributed by atoms with Crippen molar-refractivity contribution in [2.45, 2.75) is 11.1 Å². The molecule has 2 aromatic rings. The van der Waals surface area contributed by atoms with Gasteiger partial charge in [-0.15, -0.1) is 11.3 Å². The Bertz CT molecular complexity index is 682. The van der Waals surface area contributed by atoms with E-state index in [0.29, 0.717) is 20.7 Å². The fourth-order valence-electron chi connectivity index (χ4n) is 1.38. The van der Waals surface area contributed by atoms with E-state index in [1.165, 1.54) is 0 Å². The Kier molecular flexibility index (Phi) is 4.01. The first kappa shape index (κ1) is 13.9. The molecule has 0 amide bonds. The van der Waals surface area contributed by atoms with Gasteiger partial charge < -0.3 is 0 Å². The summed E-state index contributed by atoms with van der Waals surface area (Å²) in [7, 11) is -3.58. The van der Waals surface area contributed by atoms with Crippen molar-refractivity contribution in [3.05, 3.63) is 44.7 Å². The number of rotatable bonds is 3. The van der Waals surface area contributed by atoms with Crippen LogP contribution in [0.15, 0.2) is 38.3 Å². The molecule has 96 valence electrons. The second-order valence-electron chi connectivity index (χ2n) is 3.57. The van der Waals surface area contributed by atoms with Crippen LogP contribution in [0.4, 0.5) is 5.69 Å². The smallest absolute Gasteiger partial charge is 0.272 e. The second kappa shape index (κ2) is 5.21. The van der Waals surface area contributed by atoms with Crippen LogP contribution in [-0.2, 0) is 10.0 Å². The quantitative estimate of drug-likeness (QED) is 0.881. The van der Waals surface area contributed by atoms with Crippen LogP contribution in [0.5, 0.6) is 0 Å². The summed E-state index contributed by atoms with van der Waals surface area (Å²) in [5, 5.41) is 2.24. The molecule has 3 nitrogen and oxygen atoms in total. The second-order valence-corrected chi connectivity index (χ2v) is 7.63. The van der Waals surface area contributed by atoms with Crippen molar-refractivity contribution in [3.63, 3.8) is 0 Å². The van der Waals surface area contributed by atoms with E-state index in [-0.39, 0.29) is 4.21 Å². The fourth-order valence-corrected chi connectivity index (χ4v) is 5.02. The van der Waals surface area contributed by atoms with Gasteiger partial charge in [-0.05, 0) is 52.0 Å². The summed E-state index contributed by atoms with van der Waals surface area (Å²) in [4.78, 5) is 0. The lowest BCUT2D eigenvalue weighted by atomic mass is 10.2. The maximum absolute atomic E-state index is 12.2. The summed E-state index contributed by atoms with van der Waals surface area (Å²) >= 11 is 10.3. The van der Waals surface area contributed by atoms with Crippen molar-refractivity contribution < 1.29 is 8.42 Å². The van der Waals surface area contributed by atoms with Gasteiger partial charge >= 0.3 is 0 Å². The molecule has 1 N–H and O–H groups in total. The molecule has 0 radical (unpaired) electrons. The number of hydrogen-bond acceptors (Lipinski definition) is 3. The van der Waals surface area contributed by atoms with Crippen molar-refractivity contribution in [1.29, 1.82) is 0 Å². The van der Waals surface area contributed by atoms with Crippen LogP contribution in [0.3, 0.4) is 0 Å². The van der Waals surface area contributed by atoms with E-state index in [1.54, 1.807) is 36.6 Å². The molecule has 0 saturated heterocycles. The first-order valence-corrected chi connectivity index (χ1v) is 8.46. The molecule has 1 aromatic carbocycles. The van der Waals surface area contributed by atoms with Gasteiger partial charge in [0.1, 0.15) is 0 Å². The largest absolute Gasteiger partial charge is 0.279 e. The molecule has 2 rings (SSSR count). The molecular formula is C11H9BrClNO2S2. The summed E-state index contributed by atoms with van der Waals surface area (Å²) in [6.07, 6.45) is 0. The van der Waals surface area contributed by atoms with Gasteiger partial charge in [0.05, 0.1) is 5.69 Å². The molecule has 0 atom stereocenters. The summed E-state index contributed by atoms with van der Waals surface area (Å²) < 4.78 is 27.7. The Morgan fingerprint density at radius 2 is 2.06 bits per heavy atom. The van der Waals surface area contributed by atoms with Crippen molar-refractivity contribution in [1.82, 2.24) is 0 Å². The van der Waals surface area contributed by atoms with Crippen LogP contribution in [0.2, 0.25) is 5.02 Å². The van der Waals surface area contributed by atoms with E-state index in [0.717, 1.165) is 11.3 Å². The van der Waals surface area contributed by atoms with Gasteiger partial charge in [-0.3, -0.25) is 4.72 Å². The number of thiophene rings is 1. The third kappa shape index (κ3) is 2.71. The lowest BCUT2D eigenvalue weighted by molar-refractivity contribution is 0.603. The maximum Gasteiger partial charge on any atom is 0.272 e. The van der Waals surface area contributed by atoms with Gasteiger partial charge in [-0.2, -0.15) is 0 Å². The van der Waals surface area contributed by atoms with E-state index in [2.05, 4.69) is 20.7 Å². The van der Waals surface area contributed by atoms with Crippen LogP contribution >= 0.6 is 38.9 Å². The lowest BCUT2D eigenvalue weighted by Gasteiger charge is -2.10. The minimum atomic E-state index is -3.58. The topological polar surface area (TPSA) is 46.2 Å². The molecule has 0 saturated carbocycles. The molecule has 0 spiro atoms. The number of anilines is 1. The Morgan fingerprint density at radius 1 is 1.33 bits per heavy atom. The zero-order valence-electron chi connectivity index (χ0n) is 9.28. The minimum Gasteiger partial charge on any atom is -0.279 e. The molecule has 0 unspecified atom stereocenters. The van der Waals surface area contributed by atoms with Gasteiger partial charge in [0.25, 0.3) is 10.0 Å². The Balaban J connectivity index is 2.40.